The fourth-order valence-electron chi connectivity index (χ4n) is 2.64. The summed E-state index contributed by atoms with van der Waals surface area (Å²) < 4.78 is 43.2. The maximum Gasteiger partial charge on any atom is 0.416 e. The summed E-state index contributed by atoms with van der Waals surface area (Å²) in [6.07, 6.45) is 0.532. The molecule has 0 spiro atoms. The number of nitrogens with one attached hydrogen (secondary N) is 1. The highest BCUT2D eigenvalue weighted by Gasteiger charge is 2.30. The molecule has 6 heteroatoms. The first-order valence-corrected chi connectivity index (χ1v) is 7.23. The van der Waals surface area contributed by atoms with Crippen molar-refractivity contribution in [3.63, 3.8) is 0 Å². The zero-order chi connectivity index (χ0) is 15.3. The van der Waals surface area contributed by atoms with Crippen molar-refractivity contribution in [2.45, 2.75) is 50.4 Å². The predicted octanol–water partition coefficient (Wildman–Crippen LogP) is 3.04. The van der Waals surface area contributed by atoms with Crippen molar-refractivity contribution in [3.05, 3.63) is 35.4 Å². The van der Waals surface area contributed by atoms with Crippen LogP contribution in [-0.4, -0.2) is 18.8 Å². The molecule has 0 bridgehead atoms. The number of ether oxygens (including phenoxy) is 1. The summed E-state index contributed by atoms with van der Waals surface area (Å²) in [7, 11) is 0. The van der Waals surface area contributed by atoms with E-state index in [1.54, 1.807) is 0 Å². The molecule has 1 saturated heterocycles. The quantitative estimate of drug-likeness (QED) is 0.649. The van der Waals surface area contributed by atoms with Crippen molar-refractivity contribution in [2.24, 2.45) is 5.84 Å². The van der Waals surface area contributed by atoms with E-state index in [2.05, 4.69) is 5.43 Å². The molecule has 0 aliphatic carbocycles. The number of benzene rings is 1. The van der Waals surface area contributed by atoms with Gasteiger partial charge < -0.3 is 4.74 Å². The third-order valence-corrected chi connectivity index (χ3v) is 3.82. The number of hydrazine groups is 1. The molecule has 1 heterocycles. The number of hydrogen-bond acceptors (Lipinski definition) is 3. The van der Waals surface area contributed by atoms with Gasteiger partial charge in [0.2, 0.25) is 0 Å². The molecule has 0 aromatic heterocycles. The summed E-state index contributed by atoms with van der Waals surface area (Å²) >= 11 is 0. The Hall–Kier alpha value is -1.11. The largest absolute Gasteiger partial charge is 0.416 e. The summed E-state index contributed by atoms with van der Waals surface area (Å²) in [6, 6.07) is 5.24. The molecular weight excluding hydrogens is 281 g/mol. The zero-order valence-corrected chi connectivity index (χ0v) is 11.8. The van der Waals surface area contributed by atoms with Crippen LogP contribution in [0.25, 0.3) is 0 Å². The van der Waals surface area contributed by atoms with Crippen LogP contribution in [0, 0.1) is 0 Å². The molecule has 1 aromatic rings. The number of nitrogens with two attached hydrogens (primary N) is 1. The molecule has 21 heavy (non-hydrogen) atoms. The normalized spacial score (nSPS) is 21.2. The third kappa shape index (κ3) is 4.98. The summed E-state index contributed by atoms with van der Waals surface area (Å²) in [5.74, 6) is 5.55. The summed E-state index contributed by atoms with van der Waals surface area (Å²) in [6.45, 7) is 0.780. The first-order chi connectivity index (χ1) is 9.99. The van der Waals surface area contributed by atoms with Crippen molar-refractivity contribution in [3.8, 4) is 0 Å². The second-order valence-electron chi connectivity index (χ2n) is 5.49. The first kappa shape index (κ1) is 16.3. The molecule has 3 N–H and O–H groups in total. The lowest BCUT2D eigenvalue weighted by Crippen LogP contribution is -2.40. The topological polar surface area (TPSA) is 47.3 Å². The van der Waals surface area contributed by atoms with E-state index in [0.29, 0.717) is 6.42 Å². The van der Waals surface area contributed by atoms with E-state index in [-0.39, 0.29) is 12.1 Å². The molecule has 1 aromatic carbocycles. The van der Waals surface area contributed by atoms with E-state index in [0.717, 1.165) is 50.0 Å². The minimum absolute atomic E-state index is 0.00448. The van der Waals surface area contributed by atoms with Crippen LogP contribution in [0.4, 0.5) is 13.2 Å². The first-order valence-electron chi connectivity index (χ1n) is 7.23. The number of hydrogen-bond donors (Lipinski definition) is 2. The maximum atomic E-state index is 12.5. The van der Waals surface area contributed by atoms with Gasteiger partial charge in [0.1, 0.15) is 0 Å². The van der Waals surface area contributed by atoms with Gasteiger partial charge in [0.25, 0.3) is 0 Å². The highest BCUT2D eigenvalue weighted by atomic mass is 19.4. The van der Waals surface area contributed by atoms with E-state index in [1.807, 2.05) is 0 Å². The fraction of sp³-hybridized carbons (Fsp3) is 0.600. The van der Waals surface area contributed by atoms with E-state index in [9.17, 15) is 13.2 Å². The van der Waals surface area contributed by atoms with Crippen LogP contribution in [0.15, 0.2) is 24.3 Å². The zero-order valence-electron chi connectivity index (χ0n) is 11.8. The minimum Gasteiger partial charge on any atom is -0.378 e. The fourth-order valence-corrected chi connectivity index (χ4v) is 2.64. The standard InChI is InChI=1S/C15H21F3N2O/c16-15(17,18)12-6-4-11(5-7-12)9-13(20-19)10-14-3-1-2-8-21-14/h4-7,13-14,20H,1-3,8-10,19H2. The summed E-state index contributed by atoms with van der Waals surface area (Å²) in [4.78, 5) is 0. The van der Waals surface area contributed by atoms with Crippen LogP contribution in [0.2, 0.25) is 0 Å². The molecule has 1 aliphatic heterocycles. The van der Waals surface area contributed by atoms with Crippen molar-refractivity contribution < 1.29 is 17.9 Å². The Morgan fingerprint density at radius 3 is 2.48 bits per heavy atom. The molecular formula is C15H21F3N2O. The SMILES string of the molecule is NNC(Cc1ccc(C(F)(F)F)cc1)CC1CCCCO1. The smallest absolute Gasteiger partial charge is 0.378 e. The highest BCUT2D eigenvalue weighted by molar-refractivity contribution is 5.25. The van der Waals surface area contributed by atoms with E-state index >= 15 is 0 Å². The molecule has 0 saturated carbocycles. The van der Waals surface area contributed by atoms with Gasteiger partial charge in [-0.05, 0) is 49.8 Å². The van der Waals surface area contributed by atoms with Crippen LogP contribution in [-0.2, 0) is 17.3 Å². The number of alkyl halides is 3. The van der Waals surface area contributed by atoms with Crippen LogP contribution in [0.5, 0.6) is 0 Å². The summed E-state index contributed by atoms with van der Waals surface area (Å²) in [5, 5.41) is 0. The minimum atomic E-state index is -4.29. The molecule has 3 nitrogen and oxygen atoms in total. The van der Waals surface area contributed by atoms with Crippen molar-refractivity contribution in [2.75, 3.05) is 6.61 Å². The maximum absolute atomic E-state index is 12.5. The second-order valence-corrected chi connectivity index (χ2v) is 5.49. The molecule has 2 unspecified atom stereocenters. The Balaban J connectivity index is 1.91. The number of halogens is 3. The third-order valence-electron chi connectivity index (χ3n) is 3.82. The van der Waals surface area contributed by atoms with E-state index in [4.69, 9.17) is 10.6 Å². The van der Waals surface area contributed by atoms with Gasteiger partial charge in [0, 0.05) is 12.6 Å². The summed E-state index contributed by atoms with van der Waals surface area (Å²) in [5.41, 5.74) is 2.95. The van der Waals surface area contributed by atoms with Gasteiger partial charge in [-0.25, -0.2) is 0 Å². The van der Waals surface area contributed by atoms with Crippen molar-refractivity contribution in [1.82, 2.24) is 5.43 Å². The highest BCUT2D eigenvalue weighted by Crippen LogP contribution is 2.29. The molecule has 2 rings (SSSR count). The molecule has 2 atom stereocenters. The van der Waals surface area contributed by atoms with E-state index in [1.165, 1.54) is 12.1 Å². The molecule has 118 valence electrons. The molecule has 1 fully saturated rings. The van der Waals surface area contributed by atoms with Gasteiger partial charge in [-0.1, -0.05) is 12.1 Å². The van der Waals surface area contributed by atoms with E-state index < -0.39 is 11.7 Å². The lowest BCUT2D eigenvalue weighted by molar-refractivity contribution is -0.137. The lowest BCUT2D eigenvalue weighted by atomic mass is 9.97. The van der Waals surface area contributed by atoms with Gasteiger partial charge in [-0.3, -0.25) is 11.3 Å². The second kappa shape index (κ2) is 7.24. The van der Waals surface area contributed by atoms with Gasteiger partial charge in [-0.15, -0.1) is 0 Å². The predicted molar refractivity (Wildman–Crippen MR) is 74.5 cm³/mol. The average Bonchev–Trinajstić information content (AvgIpc) is 2.47. The monoisotopic (exact) mass is 302 g/mol. The van der Waals surface area contributed by atoms with Gasteiger partial charge >= 0.3 is 6.18 Å². The van der Waals surface area contributed by atoms with Crippen molar-refractivity contribution >= 4 is 0 Å². The Morgan fingerprint density at radius 2 is 1.95 bits per heavy atom. The lowest BCUT2D eigenvalue weighted by Gasteiger charge is -2.26. The number of rotatable bonds is 5. The molecule has 0 amide bonds. The van der Waals surface area contributed by atoms with Gasteiger partial charge in [-0.2, -0.15) is 13.2 Å². The van der Waals surface area contributed by atoms with Crippen LogP contribution >= 0.6 is 0 Å². The van der Waals surface area contributed by atoms with Crippen LogP contribution in [0.3, 0.4) is 0 Å². The Bertz CT molecular complexity index is 428. The Labute approximate surface area is 122 Å². The van der Waals surface area contributed by atoms with Gasteiger partial charge in [0.15, 0.2) is 0 Å². The van der Waals surface area contributed by atoms with Crippen LogP contribution < -0.4 is 11.3 Å². The Kier molecular flexibility index (Phi) is 5.61. The van der Waals surface area contributed by atoms with Crippen molar-refractivity contribution in [1.29, 1.82) is 0 Å². The molecule has 0 radical (unpaired) electrons. The van der Waals surface area contributed by atoms with Crippen LogP contribution in [0.1, 0.15) is 36.8 Å². The molecule has 1 aliphatic rings. The van der Waals surface area contributed by atoms with Gasteiger partial charge in [0.05, 0.1) is 11.7 Å². The Morgan fingerprint density at radius 1 is 1.24 bits per heavy atom. The average molecular weight is 302 g/mol.